The fourth-order valence-electron chi connectivity index (χ4n) is 3.33. The molecule has 0 radical (unpaired) electrons. The lowest BCUT2D eigenvalue weighted by Crippen LogP contribution is -2.24. The minimum absolute atomic E-state index is 0.446. The van der Waals surface area contributed by atoms with Crippen molar-refractivity contribution in [2.24, 2.45) is 0 Å². The van der Waals surface area contributed by atoms with Gasteiger partial charge in [-0.3, -0.25) is 0 Å². The van der Waals surface area contributed by atoms with Crippen LogP contribution in [0.3, 0.4) is 0 Å². The number of nitrogens with zero attached hydrogens (tertiary/aromatic N) is 2. The van der Waals surface area contributed by atoms with Gasteiger partial charge in [0.05, 0.1) is 6.10 Å². The van der Waals surface area contributed by atoms with Gasteiger partial charge in [0.25, 0.3) is 0 Å². The fourth-order valence-corrected chi connectivity index (χ4v) is 3.62. The van der Waals surface area contributed by atoms with E-state index in [2.05, 4.69) is 15.5 Å². The Hall–Kier alpha value is -3.26. The van der Waals surface area contributed by atoms with E-state index in [-0.39, 0.29) is 0 Å². The number of anilines is 1. The van der Waals surface area contributed by atoms with Gasteiger partial charge in [-0.15, -0.1) is 0 Å². The van der Waals surface area contributed by atoms with Crippen molar-refractivity contribution in [2.75, 3.05) is 5.32 Å². The standard InChI is InChI=1S/C24H21ClFN3O3/c1-14-22(28-24(30)31-15(2)19-5-3-4-6-20(19)25)23(32-29-14)17-9-7-16(8-10-17)18-11-12-21(26)27-13-18/h3-13,15,24,28,30H,1-2H3. The minimum atomic E-state index is -1.32. The van der Waals surface area contributed by atoms with Crippen LogP contribution < -0.4 is 5.32 Å². The molecular weight excluding hydrogens is 433 g/mol. The van der Waals surface area contributed by atoms with Gasteiger partial charge in [-0.2, -0.15) is 4.39 Å². The number of benzene rings is 2. The average molecular weight is 454 g/mol. The number of rotatable bonds is 7. The minimum Gasteiger partial charge on any atom is -0.354 e. The molecule has 0 aliphatic carbocycles. The van der Waals surface area contributed by atoms with Crippen LogP contribution in [-0.4, -0.2) is 21.7 Å². The first kappa shape index (κ1) is 22.0. The summed E-state index contributed by atoms with van der Waals surface area (Å²) in [5, 5.41) is 18.0. The van der Waals surface area contributed by atoms with Crippen molar-refractivity contribution in [2.45, 2.75) is 26.4 Å². The van der Waals surface area contributed by atoms with Crippen molar-refractivity contribution >= 4 is 17.3 Å². The molecule has 0 aliphatic heterocycles. The highest BCUT2D eigenvalue weighted by atomic mass is 35.5. The Balaban J connectivity index is 1.50. The topological polar surface area (TPSA) is 80.4 Å². The molecule has 4 rings (SSSR count). The molecule has 164 valence electrons. The Labute approximate surface area is 189 Å². The van der Waals surface area contributed by atoms with Gasteiger partial charge in [0.2, 0.25) is 12.4 Å². The number of aromatic nitrogens is 2. The molecule has 0 saturated carbocycles. The average Bonchev–Trinajstić information content (AvgIpc) is 3.14. The van der Waals surface area contributed by atoms with E-state index in [0.717, 1.165) is 22.3 Å². The molecule has 2 N–H and O–H groups in total. The van der Waals surface area contributed by atoms with Crippen molar-refractivity contribution in [1.82, 2.24) is 10.1 Å². The van der Waals surface area contributed by atoms with Crippen LogP contribution in [0.15, 0.2) is 71.4 Å². The third-order valence-corrected chi connectivity index (χ3v) is 5.36. The third-order valence-electron chi connectivity index (χ3n) is 5.01. The van der Waals surface area contributed by atoms with E-state index in [0.29, 0.717) is 22.2 Å². The van der Waals surface area contributed by atoms with E-state index in [1.54, 1.807) is 26.0 Å². The van der Waals surface area contributed by atoms with Gasteiger partial charge in [-0.05, 0) is 43.2 Å². The monoisotopic (exact) mass is 453 g/mol. The molecule has 0 saturated heterocycles. The lowest BCUT2D eigenvalue weighted by Gasteiger charge is -2.20. The maximum atomic E-state index is 13.1. The Morgan fingerprint density at radius 3 is 2.41 bits per heavy atom. The number of nitrogens with one attached hydrogen (secondary N) is 1. The number of pyridine rings is 1. The first-order valence-corrected chi connectivity index (χ1v) is 10.3. The van der Waals surface area contributed by atoms with Crippen LogP contribution in [-0.2, 0) is 4.74 Å². The summed E-state index contributed by atoms with van der Waals surface area (Å²) in [7, 11) is 0. The molecule has 0 spiro atoms. The summed E-state index contributed by atoms with van der Waals surface area (Å²) in [5.74, 6) is -0.0674. The highest BCUT2D eigenvalue weighted by molar-refractivity contribution is 6.31. The van der Waals surface area contributed by atoms with Gasteiger partial charge in [0, 0.05) is 22.3 Å². The van der Waals surface area contributed by atoms with E-state index < -0.39 is 18.5 Å². The molecule has 0 bridgehead atoms. The van der Waals surface area contributed by atoms with Crippen LogP contribution in [0.25, 0.3) is 22.5 Å². The summed E-state index contributed by atoms with van der Waals surface area (Å²) in [5.41, 5.74) is 4.27. The van der Waals surface area contributed by atoms with Crippen molar-refractivity contribution in [3.8, 4) is 22.5 Å². The molecular formula is C24H21ClFN3O3. The number of ether oxygens (including phenoxy) is 1. The third kappa shape index (κ3) is 4.80. The lowest BCUT2D eigenvalue weighted by atomic mass is 10.0. The summed E-state index contributed by atoms with van der Waals surface area (Å²) >= 11 is 6.21. The number of aryl methyl sites for hydroxylation is 1. The molecule has 2 heterocycles. The Morgan fingerprint density at radius 2 is 1.72 bits per heavy atom. The van der Waals surface area contributed by atoms with Gasteiger partial charge < -0.3 is 19.7 Å². The predicted octanol–water partition coefficient (Wildman–Crippen LogP) is 5.97. The maximum absolute atomic E-state index is 13.1. The van der Waals surface area contributed by atoms with Crippen LogP contribution in [0.4, 0.5) is 10.1 Å². The fraction of sp³-hybridized carbons (Fsp3) is 0.167. The Morgan fingerprint density at radius 1 is 1.03 bits per heavy atom. The van der Waals surface area contributed by atoms with E-state index >= 15 is 0 Å². The molecule has 2 aromatic heterocycles. The smallest absolute Gasteiger partial charge is 0.236 e. The molecule has 2 atom stereocenters. The molecule has 0 aliphatic rings. The zero-order valence-electron chi connectivity index (χ0n) is 17.4. The van der Waals surface area contributed by atoms with Crippen molar-refractivity contribution in [3.63, 3.8) is 0 Å². The summed E-state index contributed by atoms with van der Waals surface area (Å²) in [6.07, 6.45) is -0.287. The highest BCUT2D eigenvalue weighted by Gasteiger charge is 2.20. The number of hydrogen-bond donors (Lipinski definition) is 2. The SMILES string of the molecule is Cc1noc(-c2ccc(-c3ccc(F)nc3)cc2)c1NC(O)OC(C)c1ccccc1Cl. The van der Waals surface area contributed by atoms with Crippen molar-refractivity contribution in [1.29, 1.82) is 0 Å². The number of aliphatic hydroxyl groups excluding tert-OH is 1. The molecule has 32 heavy (non-hydrogen) atoms. The van der Waals surface area contributed by atoms with E-state index in [1.807, 2.05) is 42.5 Å². The van der Waals surface area contributed by atoms with Crippen molar-refractivity contribution in [3.05, 3.63) is 89.1 Å². The second kappa shape index (κ2) is 9.48. The van der Waals surface area contributed by atoms with Crippen LogP contribution in [0.5, 0.6) is 0 Å². The van der Waals surface area contributed by atoms with Gasteiger partial charge in [-0.25, -0.2) is 4.98 Å². The number of hydrogen-bond acceptors (Lipinski definition) is 6. The lowest BCUT2D eigenvalue weighted by molar-refractivity contribution is -0.113. The van der Waals surface area contributed by atoms with Crippen molar-refractivity contribution < 1.29 is 18.8 Å². The van der Waals surface area contributed by atoms with Gasteiger partial charge in [0.1, 0.15) is 11.4 Å². The Kier molecular flexibility index (Phi) is 6.50. The van der Waals surface area contributed by atoms with Gasteiger partial charge >= 0.3 is 0 Å². The summed E-state index contributed by atoms with van der Waals surface area (Å²) in [6, 6.07) is 17.7. The summed E-state index contributed by atoms with van der Waals surface area (Å²) in [6.45, 7) is 3.56. The normalized spacial score (nSPS) is 13.0. The van der Waals surface area contributed by atoms with E-state index in [4.69, 9.17) is 20.9 Å². The maximum Gasteiger partial charge on any atom is 0.236 e. The van der Waals surface area contributed by atoms with Crippen LogP contribution in [0, 0.1) is 12.9 Å². The van der Waals surface area contributed by atoms with Gasteiger partial charge in [0.15, 0.2) is 5.76 Å². The molecule has 6 nitrogen and oxygen atoms in total. The summed E-state index contributed by atoms with van der Waals surface area (Å²) < 4.78 is 24.2. The zero-order chi connectivity index (χ0) is 22.7. The molecule has 4 aromatic rings. The first-order valence-electron chi connectivity index (χ1n) is 9.95. The zero-order valence-corrected chi connectivity index (χ0v) is 18.2. The largest absolute Gasteiger partial charge is 0.354 e. The van der Waals surface area contributed by atoms with E-state index in [1.165, 1.54) is 12.3 Å². The van der Waals surface area contributed by atoms with Crippen LogP contribution >= 0.6 is 11.6 Å². The van der Waals surface area contributed by atoms with E-state index in [9.17, 15) is 9.50 Å². The second-order valence-corrected chi connectivity index (χ2v) is 7.62. The van der Waals surface area contributed by atoms with Crippen LogP contribution in [0.2, 0.25) is 5.02 Å². The second-order valence-electron chi connectivity index (χ2n) is 7.22. The Bertz CT molecular complexity index is 1200. The quantitative estimate of drug-likeness (QED) is 0.265. The molecule has 8 heteroatoms. The highest BCUT2D eigenvalue weighted by Crippen LogP contribution is 2.33. The van der Waals surface area contributed by atoms with Gasteiger partial charge in [-0.1, -0.05) is 59.2 Å². The molecule has 2 unspecified atom stereocenters. The molecule has 2 aromatic carbocycles. The molecule has 0 amide bonds. The van der Waals surface area contributed by atoms with Crippen LogP contribution in [0.1, 0.15) is 24.3 Å². The number of aliphatic hydroxyl groups is 1. The summed E-state index contributed by atoms with van der Waals surface area (Å²) in [4.78, 5) is 3.68. The molecule has 0 fully saturated rings. The predicted molar refractivity (Wildman–Crippen MR) is 120 cm³/mol. The number of halogens is 2. The first-order chi connectivity index (χ1) is 15.4.